The number of ether oxygens (including phenoxy) is 1. The zero-order valence-electron chi connectivity index (χ0n) is 24.9. The van der Waals surface area contributed by atoms with Crippen LogP contribution in [0.4, 0.5) is 5.69 Å². The Morgan fingerprint density at radius 3 is 2.65 bits per heavy atom. The van der Waals surface area contributed by atoms with Gasteiger partial charge in [-0.1, -0.05) is 36.4 Å². The number of rotatable bonds is 6. The Labute approximate surface area is 262 Å². The molecule has 0 radical (unpaired) electrons. The van der Waals surface area contributed by atoms with Crippen LogP contribution in [-0.4, -0.2) is 80.3 Å². The van der Waals surface area contributed by atoms with Gasteiger partial charge in [0.2, 0.25) is 5.91 Å². The van der Waals surface area contributed by atoms with E-state index in [9.17, 15) is 4.79 Å². The van der Waals surface area contributed by atoms with Crippen LogP contribution in [0, 0.1) is 0 Å². The number of imidazole rings is 1. The average Bonchev–Trinajstić information content (AvgIpc) is 3.69. The van der Waals surface area contributed by atoms with Crippen LogP contribution in [0.5, 0.6) is 0 Å². The normalized spacial score (nSPS) is 24.6. The van der Waals surface area contributed by atoms with Gasteiger partial charge in [0.05, 0.1) is 37.7 Å². The van der Waals surface area contributed by atoms with Crippen molar-refractivity contribution in [3.63, 3.8) is 0 Å². The molecule has 3 fully saturated rings. The molecule has 226 valence electrons. The minimum atomic E-state index is -0.150. The molecular formula is C33H41N6O2S2+. The van der Waals surface area contributed by atoms with Crippen molar-refractivity contribution in [1.82, 2.24) is 19.3 Å². The molecule has 0 saturated carbocycles. The molecule has 3 aliphatic rings. The number of para-hydroxylation sites is 1. The zero-order valence-corrected chi connectivity index (χ0v) is 26.5. The van der Waals surface area contributed by atoms with E-state index in [1.165, 1.54) is 43.4 Å². The summed E-state index contributed by atoms with van der Waals surface area (Å²) in [6.07, 6.45) is 12.3. The van der Waals surface area contributed by atoms with Crippen LogP contribution in [0.1, 0.15) is 55.7 Å². The number of morpholine rings is 1. The molecule has 1 spiro atoms. The third-order valence-corrected chi connectivity index (χ3v) is 12.3. The second kappa shape index (κ2) is 12.7. The number of carbonyl (C=O) groups excluding carboxylic acids is 1. The molecule has 1 N–H and O–H groups in total. The molecule has 4 aromatic rings. The van der Waals surface area contributed by atoms with Crippen molar-refractivity contribution >= 4 is 39.7 Å². The lowest BCUT2D eigenvalue weighted by atomic mass is 10.00. The smallest absolute Gasteiger partial charge is 0.243 e. The van der Waals surface area contributed by atoms with E-state index in [0.717, 1.165) is 72.3 Å². The van der Waals surface area contributed by atoms with Crippen molar-refractivity contribution in [1.29, 1.82) is 0 Å². The van der Waals surface area contributed by atoms with Crippen molar-refractivity contribution in [2.75, 3.05) is 44.7 Å². The first-order valence-electron chi connectivity index (χ1n) is 15.7. The summed E-state index contributed by atoms with van der Waals surface area (Å²) in [7, 11) is 0. The van der Waals surface area contributed by atoms with E-state index in [2.05, 4.69) is 50.2 Å². The van der Waals surface area contributed by atoms with Gasteiger partial charge in [0.15, 0.2) is 10.3 Å². The molecule has 8 nitrogen and oxygen atoms in total. The van der Waals surface area contributed by atoms with Gasteiger partial charge in [-0.2, -0.15) is 0 Å². The number of nitrogens with one attached hydrogen (secondary N) is 1. The van der Waals surface area contributed by atoms with Crippen molar-refractivity contribution in [3.8, 4) is 11.3 Å². The number of anilines is 1. The predicted molar refractivity (Wildman–Crippen MR) is 174 cm³/mol. The predicted octanol–water partition coefficient (Wildman–Crippen LogP) is 6.21. The quantitative estimate of drug-likeness (QED) is 0.260. The SMILES string of the molecule is CC1C(C(=O)Nc2ccccc2-c2cn3c(CN4CCOCC4)csc3n2)SC(c2cccnc2)[N+]12CCCCCCC2. The minimum absolute atomic E-state index is 0.0879. The Morgan fingerprint density at radius 1 is 1.07 bits per heavy atom. The van der Waals surface area contributed by atoms with E-state index in [-0.39, 0.29) is 22.6 Å². The number of nitrogens with zero attached hydrogens (tertiary/aromatic N) is 5. The fraction of sp³-hybridized carbons (Fsp3) is 0.485. The molecule has 43 heavy (non-hydrogen) atoms. The van der Waals surface area contributed by atoms with Crippen LogP contribution >= 0.6 is 23.1 Å². The number of thiazole rings is 1. The molecule has 7 rings (SSSR count). The highest BCUT2D eigenvalue weighted by atomic mass is 32.2. The van der Waals surface area contributed by atoms with Gasteiger partial charge in [0.25, 0.3) is 0 Å². The van der Waals surface area contributed by atoms with E-state index in [1.807, 2.05) is 48.4 Å². The zero-order chi connectivity index (χ0) is 29.2. The number of quaternary nitrogens is 1. The Kier molecular flexibility index (Phi) is 8.55. The molecule has 6 heterocycles. The third-order valence-electron chi connectivity index (χ3n) is 9.60. The highest BCUT2D eigenvalue weighted by Gasteiger charge is 2.56. The van der Waals surface area contributed by atoms with E-state index in [1.54, 1.807) is 11.3 Å². The highest BCUT2D eigenvalue weighted by Crippen LogP contribution is 2.53. The number of hydrogen-bond donors (Lipinski definition) is 1. The maximum atomic E-state index is 14.2. The monoisotopic (exact) mass is 617 g/mol. The summed E-state index contributed by atoms with van der Waals surface area (Å²) in [6.45, 7) is 8.90. The number of thioether (sulfide) groups is 1. The first-order valence-corrected chi connectivity index (χ1v) is 17.5. The summed E-state index contributed by atoms with van der Waals surface area (Å²) in [4.78, 5) is 27.0. The maximum Gasteiger partial charge on any atom is 0.243 e. The average molecular weight is 618 g/mol. The number of fused-ring (bicyclic) bond motifs is 1. The number of carbonyl (C=O) groups is 1. The van der Waals surface area contributed by atoms with Gasteiger partial charge in [-0.15, -0.1) is 11.3 Å². The lowest BCUT2D eigenvalue weighted by Gasteiger charge is -2.44. The van der Waals surface area contributed by atoms with Gasteiger partial charge in [-0.3, -0.25) is 19.1 Å². The third kappa shape index (κ3) is 5.76. The van der Waals surface area contributed by atoms with Crippen LogP contribution in [0.2, 0.25) is 0 Å². The van der Waals surface area contributed by atoms with Crippen LogP contribution in [0.25, 0.3) is 16.2 Å². The fourth-order valence-corrected chi connectivity index (χ4v) is 9.95. The fourth-order valence-electron chi connectivity index (χ4n) is 7.21. The molecule has 0 bridgehead atoms. The maximum absolute atomic E-state index is 14.2. The van der Waals surface area contributed by atoms with E-state index < -0.39 is 0 Å². The second-order valence-corrected chi connectivity index (χ2v) is 14.2. The molecule has 10 heteroatoms. The Hall–Kier alpha value is -2.76. The summed E-state index contributed by atoms with van der Waals surface area (Å²) in [5.74, 6) is 0.0879. The van der Waals surface area contributed by atoms with Gasteiger partial charge in [0.1, 0.15) is 11.3 Å². The first kappa shape index (κ1) is 29.0. The van der Waals surface area contributed by atoms with Gasteiger partial charge >= 0.3 is 0 Å². The van der Waals surface area contributed by atoms with Gasteiger partial charge in [-0.25, -0.2) is 4.98 Å². The van der Waals surface area contributed by atoms with Crippen LogP contribution in [0.3, 0.4) is 0 Å². The molecule has 3 unspecified atom stereocenters. The van der Waals surface area contributed by atoms with E-state index >= 15 is 0 Å². The molecule has 0 aliphatic carbocycles. The highest BCUT2D eigenvalue weighted by molar-refractivity contribution is 8.00. The number of benzene rings is 1. The topological polar surface area (TPSA) is 71.8 Å². The Morgan fingerprint density at radius 2 is 1.86 bits per heavy atom. The summed E-state index contributed by atoms with van der Waals surface area (Å²) >= 11 is 3.50. The molecular weight excluding hydrogens is 577 g/mol. The largest absolute Gasteiger partial charge is 0.379 e. The summed E-state index contributed by atoms with van der Waals surface area (Å²) < 4.78 is 8.71. The van der Waals surface area contributed by atoms with Gasteiger partial charge < -0.3 is 14.5 Å². The minimum Gasteiger partial charge on any atom is -0.379 e. The number of aromatic nitrogens is 3. The summed E-state index contributed by atoms with van der Waals surface area (Å²) in [5.41, 5.74) is 5.14. The molecule has 1 amide bonds. The first-order chi connectivity index (χ1) is 21.1. The lowest BCUT2D eigenvalue weighted by Crippen LogP contribution is -2.56. The van der Waals surface area contributed by atoms with Crippen molar-refractivity contribution < 1.29 is 14.0 Å². The van der Waals surface area contributed by atoms with Crippen molar-refractivity contribution in [2.45, 2.75) is 62.2 Å². The Bertz CT molecular complexity index is 1540. The van der Waals surface area contributed by atoms with Gasteiger partial charge in [0, 0.05) is 60.4 Å². The van der Waals surface area contributed by atoms with Crippen molar-refractivity contribution in [2.24, 2.45) is 0 Å². The van der Waals surface area contributed by atoms with Crippen LogP contribution in [0.15, 0.2) is 60.4 Å². The lowest BCUT2D eigenvalue weighted by molar-refractivity contribution is -0.958. The molecule has 3 aliphatic heterocycles. The standard InChI is InChI=1S/C33H40N6O2S2/c1-24-30(43-32(25-10-9-13-34-20-25)39(24)16-7-3-2-4-8-17-39)31(40)35-28-12-6-5-11-27(28)29-22-38-26(23-42-33(38)36-29)21-37-14-18-41-19-15-37/h5-6,9-13,20,22-24,30,32H,2-4,7-8,14-19,21H2,1H3/p+1. The molecule has 1 aromatic carbocycles. The number of pyridine rings is 1. The van der Waals surface area contributed by atoms with Crippen LogP contribution in [-0.2, 0) is 16.1 Å². The van der Waals surface area contributed by atoms with Crippen molar-refractivity contribution in [3.05, 3.63) is 71.6 Å². The Balaban J connectivity index is 1.14. The van der Waals surface area contributed by atoms with Gasteiger partial charge in [-0.05, 0) is 50.8 Å². The summed E-state index contributed by atoms with van der Waals surface area (Å²) in [6, 6.07) is 12.5. The summed E-state index contributed by atoms with van der Waals surface area (Å²) in [5, 5.41) is 5.64. The second-order valence-electron chi connectivity index (χ2n) is 12.2. The molecule has 3 aromatic heterocycles. The van der Waals surface area contributed by atoms with E-state index in [4.69, 9.17) is 9.72 Å². The number of hydrogen-bond acceptors (Lipinski definition) is 7. The van der Waals surface area contributed by atoms with E-state index in [0.29, 0.717) is 0 Å². The van der Waals surface area contributed by atoms with Crippen LogP contribution < -0.4 is 5.32 Å². The number of amides is 1. The molecule has 3 saturated heterocycles. The molecule has 3 atom stereocenters.